The molecule has 1 aliphatic rings. The minimum absolute atomic E-state index is 0.0569. The van der Waals surface area contributed by atoms with Crippen LogP contribution in [0.2, 0.25) is 0 Å². The molecule has 3 heteroatoms. The molecule has 1 aromatic rings. The predicted molar refractivity (Wildman–Crippen MR) is 74.8 cm³/mol. The molecular formula is C15H20O2S. The number of hydrogen-bond acceptors (Lipinski definition) is 3. The third-order valence-corrected chi connectivity index (χ3v) is 4.48. The molecule has 0 saturated heterocycles. The van der Waals surface area contributed by atoms with E-state index in [9.17, 15) is 4.79 Å². The maximum atomic E-state index is 11.8. The van der Waals surface area contributed by atoms with Crippen molar-refractivity contribution < 1.29 is 9.53 Å². The first-order chi connectivity index (χ1) is 8.58. The van der Waals surface area contributed by atoms with Crippen LogP contribution in [0.3, 0.4) is 0 Å². The summed E-state index contributed by atoms with van der Waals surface area (Å²) in [6.07, 6.45) is 4.91. The van der Waals surface area contributed by atoms with E-state index in [1.807, 2.05) is 13.8 Å². The van der Waals surface area contributed by atoms with E-state index in [0.717, 1.165) is 24.8 Å². The second kappa shape index (κ2) is 5.70. The van der Waals surface area contributed by atoms with E-state index in [2.05, 4.69) is 24.4 Å². The molecule has 0 fully saturated rings. The second-order valence-electron chi connectivity index (χ2n) is 5.14. The van der Waals surface area contributed by atoms with E-state index >= 15 is 0 Å². The molecule has 1 aromatic heterocycles. The lowest BCUT2D eigenvalue weighted by Crippen LogP contribution is -2.26. The van der Waals surface area contributed by atoms with Crippen molar-refractivity contribution in [3.05, 3.63) is 33.5 Å². The van der Waals surface area contributed by atoms with Crippen molar-refractivity contribution in [3.8, 4) is 0 Å². The van der Waals surface area contributed by atoms with Gasteiger partial charge in [0.1, 0.15) is 6.10 Å². The minimum atomic E-state index is -0.121. The first-order valence-corrected chi connectivity index (χ1v) is 7.40. The molecule has 2 rings (SSSR count). The van der Waals surface area contributed by atoms with Crippen molar-refractivity contribution in [1.29, 1.82) is 0 Å². The Morgan fingerprint density at radius 2 is 2.28 bits per heavy atom. The van der Waals surface area contributed by atoms with Crippen LogP contribution < -0.4 is 0 Å². The highest BCUT2D eigenvalue weighted by atomic mass is 32.1. The fourth-order valence-corrected chi connectivity index (χ4v) is 3.14. The Balaban J connectivity index is 1.90. The number of aryl methyl sites for hydroxylation is 2. The van der Waals surface area contributed by atoms with Crippen LogP contribution in [0, 0.1) is 12.8 Å². The van der Waals surface area contributed by atoms with Crippen molar-refractivity contribution in [2.45, 2.75) is 46.1 Å². The summed E-state index contributed by atoms with van der Waals surface area (Å²) in [4.78, 5) is 13.2. The van der Waals surface area contributed by atoms with Gasteiger partial charge in [-0.3, -0.25) is 0 Å². The van der Waals surface area contributed by atoms with Gasteiger partial charge in [-0.15, -0.1) is 11.3 Å². The standard InChI is InChI=1S/C15H20O2S/c1-10(2)13-6-4-12(17-15(13)16)5-7-14-11(3)8-9-18-14/h6,8-10,12H,4-5,7H2,1-3H3. The molecule has 98 valence electrons. The zero-order chi connectivity index (χ0) is 13.1. The molecule has 0 saturated carbocycles. The average molecular weight is 264 g/mol. The van der Waals surface area contributed by atoms with Crippen LogP contribution in [-0.2, 0) is 16.0 Å². The number of hydrogen-bond donors (Lipinski definition) is 0. The van der Waals surface area contributed by atoms with Crippen LogP contribution >= 0.6 is 11.3 Å². The van der Waals surface area contributed by atoms with Crippen LogP contribution in [0.5, 0.6) is 0 Å². The number of cyclic esters (lactones) is 1. The summed E-state index contributed by atoms with van der Waals surface area (Å²) in [5.41, 5.74) is 2.18. The van der Waals surface area contributed by atoms with Gasteiger partial charge in [-0.1, -0.05) is 19.9 Å². The van der Waals surface area contributed by atoms with Crippen molar-refractivity contribution in [2.24, 2.45) is 5.92 Å². The molecule has 2 nitrogen and oxygen atoms in total. The Morgan fingerprint density at radius 3 is 2.83 bits per heavy atom. The number of thiophene rings is 1. The summed E-state index contributed by atoms with van der Waals surface area (Å²) >= 11 is 1.79. The number of ether oxygens (including phenoxy) is 1. The summed E-state index contributed by atoms with van der Waals surface area (Å²) in [6.45, 7) is 6.19. The summed E-state index contributed by atoms with van der Waals surface area (Å²) in [5, 5.41) is 2.12. The first-order valence-electron chi connectivity index (χ1n) is 6.52. The third kappa shape index (κ3) is 3.02. The van der Waals surface area contributed by atoms with Crippen molar-refractivity contribution in [1.82, 2.24) is 0 Å². The zero-order valence-electron chi connectivity index (χ0n) is 11.2. The van der Waals surface area contributed by atoms with E-state index in [4.69, 9.17) is 4.74 Å². The van der Waals surface area contributed by atoms with E-state index < -0.39 is 0 Å². The van der Waals surface area contributed by atoms with Gasteiger partial charge in [0.2, 0.25) is 0 Å². The third-order valence-electron chi connectivity index (χ3n) is 3.39. The largest absolute Gasteiger partial charge is 0.459 e. The Morgan fingerprint density at radius 1 is 1.50 bits per heavy atom. The molecule has 0 aromatic carbocycles. The van der Waals surface area contributed by atoms with Gasteiger partial charge in [-0.25, -0.2) is 4.79 Å². The molecule has 0 amide bonds. The molecule has 0 radical (unpaired) electrons. The summed E-state index contributed by atoms with van der Waals surface area (Å²) < 4.78 is 5.50. The van der Waals surface area contributed by atoms with Gasteiger partial charge >= 0.3 is 5.97 Å². The van der Waals surface area contributed by atoms with Gasteiger partial charge in [-0.2, -0.15) is 0 Å². The highest BCUT2D eigenvalue weighted by Crippen LogP contribution is 2.24. The van der Waals surface area contributed by atoms with Crippen LogP contribution in [0.15, 0.2) is 23.1 Å². The number of esters is 1. The molecule has 0 N–H and O–H groups in total. The van der Waals surface area contributed by atoms with E-state index in [1.165, 1.54) is 10.4 Å². The highest BCUT2D eigenvalue weighted by Gasteiger charge is 2.24. The smallest absolute Gasteiger partial charge is 0.334 e. The van der Waals surface area contributed by atoms with Gasteiger partial charge < -0.3 is 4.74 Å². The van der Waals surface area contributed by atoms with Crippen LogP contribution in [0.4, 0.5) is 0 Å². The van der Waals surface area contributed by atoms with Gasteiger partial charge in [0, 0.05) is 16.9 Å². The maximum Gasteiger partial charge on any atom is 0.334 e. The normalized spacial score (nSPS) is 19.9. The Hall–Kier alpha value is -1.09. The van der Waals surface area contributed by atoms with E-state index in [-0.39, 0.29) is 18.0 Å². The molecular weight excluding hydrogens is 244 g/mol. The van der Waals surface area contributed by atoms with Crippen LogP contribution in [0.1, 0.15) is 37.1 Å². The number of carbonyl (C=O) groups is 1. The lowest BCUT2D eigenvalue weighted by atomic mass is 9.97. The molecule has 1 aliphatic heterocycles. The molecule has 1 unspecified atom stereocenters. The quantitative estimate of drug-likeness (QED) is 0.771. The molecule has 1 atom stereocenters. The SMILES string of the molecule is Cc1ccsc1CCC1CC=C(C(C)C)C(=O)O1. The Labute approximate surface area is 113 Å². The number of carbonyl (C=O) groups excluding carboxylic acids is 1. The average Bonchev–Trinajstić information content (AvgIpc) is 2.72. The maximum absolute atomic E-state index is 11.8. The van der Waals surface area contributed by atoms with E-state index in [0.29, 0.717) is 0 Å². The highest BCUT2D eigenvalue weighted by molar-refractivity contribution is 7.10. The lowest BCUT2D eigenvalue weighted by Gasteiger charge is -2.23. The van der Waals surface area contributed by atoms with Crippen molar-refractivity contribution in [3.63, 3.8) is 0 Å². The lowest BCUT2D eigenvalue weighted by molar-refractivity contribution is -0.146. The predicted octanol–water partition coefficient (Wildman–Crippen LogP) is 3.89. The van der Waals surface area contributed by atoms with E-state index in [1.54, 1.807) is 11.3 Å². The second-order valence-corrected chi connectivity index (χ2v) is 6.14. The van der Waals surface area contributed by atoms with Crippen LogP contribution in [0.25, 0.3) is 0 Å². The summed E-state index contributed by atoms with van der Waals surface area (Å²) in [5.74, 6) is 0.141. The Bertz CT molecular complexity index is 457. The zero-order valence-corrected chi connectivity index (χ0v) is 12.0. The van der Waals surface area contributed by atoms with Gasteiger partial charge in [0.05, 0.1) is 0 Å². The van der Waals surface area contributed by atoms with Crippen LogP contribution in [-0.4, -0.2) is 12.1 Å². The number of rotatable bonds is 4. The minimum Gasteiger partial charge on any atom is -0.459 e. The molecule has 0 aliphatic carbocycles. The van der Waals surface area contributed by atoms with Gasteiger partial charge in [0.15, 0.2) is 0 Å². The fourth-order valence-electron chi connectivity index (χ4n) is 2.21. The van der Waals surface area contributed by atoms with Crippen molar-refractivity contribution >= 4 is 17.3 Å². The van der Waals surface area contributed by atoms with Crippen molar-refractivity contribution in [2.75, 3.05) is 0 Å². The topological polar surface area (TPSA) is 26.3 Å². The van der Waals surface area contributed by atoms with Gasteiger partial charge in [-0.05, 0) is 42.7 Å². The molecule has 0 bridgehead atoms. The first kappa shape index (κ1) is 13.3. The summed E-state index contributed by atoms with van der Waals surface area (Å²) in [6, 6.07) is 2.14. The Kier molecular flexibility index (Phi) is 4.23. The monoisotopic (exact) mass is 264 g/mol. The molecule has 0 spiro atoms. The summed E-state index contributed by atoms with van der Waals surface area (Å²) in [7, 11) is 0. The fraction of sp³-hybridized carbons (Fsp3) is 0.533. The molecule has 2 heterocycles. The molecule has 18 heavy (non-hydrogen) atoms. The van der Waals surface area contributed by atoms with Gasteiger partial charge in [0.25, 0.3) is 0 Å².